The van der Waals surface area contributed by atoms with Gasteiger partial charge in [-0.05, 0) is 24.3 Å². The molecule has 2 aromatic rings. The van der Waals surface area contributed by atoms with Crippen molar-refractivity contribution in [2.45, 2.75) is 51.0 Å². The largest absolute Gasteiger partial charge is 0.338 e. The maximum absolute atomic E-state index is 12.7. The Morgan fingerprint density at radius 2 is 1.95 bits per heavy atom. The lowest BCUT2D eigenvalue weighted by Gasteiger charge is -2.29. The van der Waals surface area contributed by atoms with E-state index in [-0.39, 0.29) is 5.91 Å². The number of thiazole rings is 1. The molecule has 2 aromatic heterocycles. The van der Waals surface area contributed by atoms with Gasteiger partial charge in [0.1, 0.15) is 9.88 Å². The number of rotatable bonds is 3. The molecule has 22 heavy (non-hydrogen) atoms. The zero-order valence-electron chi connectivity index (χ0n) is 13.0. The van der Waals surface area contributed by atoms with Crippen LogP contribution in [0.25, 0.3) is 9.88 Å². The predicted molar refractivity (Wildman–Crippen MR) is 93.6 cm³/mol. The van der Waals surface area contributed by atoms with Crippen molar-refractivity contribution in [3.05, 3.63) is 28.6 Å². The van der Waals surface area contributed by atoms with Gasteiger partial charge in [-0.2, -0.15) is 0 Å². The molecule has 0 atom stereocenters. The number of hydrogen-bond donors (Lipinski definition) is 0. The van der Waals surface area contributed by atoms with Crippen LogP contribution in [-0.4, -0.2) is 28.9 Å². The molecule has 0 spiro atoms. The smallest absolute Gasteiger partial charge is 0.265 e. The third kappa shape index (κ3) is 3.58. The first-order valence-corrected chi connectivity index (χ1v) is 9.72. The van der Waals surface area contributed by atoms with E-state index in [0.717, 1.165) is 27.6 Å². The minimum absolute atomic E-state index is 0.130. The molecule has 118 valence electrons. The summed E-state index contributed by atoms with van der Waals surface area (Å²) in [6.45, 7) is 0. The van der Waals surface area contributed by atoms with Crippen LogP contribution in [0.4, 0.5) is 0 Å². The lowest BCUT2D eigenvalue weighted by molar-refractivity contribution is 0.0711. The second-order valence-corrected chi connectivity index (χ2v) is 7.90. The Morgan fingerprint density at radius 3 is 2.64 bits per heavy atom. The van der Waals surface area contributed by atoms with Crippen molar-refractivity contribution in [3.63, 3.8) is 0 Å². The fourth-order valence-corrected chi connectivity index (χ4v) is 4.75. The molecule has 1 fully saturated rings. The fraction of sp³-hybridized carbons (Fsp3) is 0.529. The lowest BCUT2D eigenvalue weighted by Crippen LogP contribution is -2.37. The SMILES string of the molecule is CN(C(=O)c1cnc(-c2cccs2)s1)C1CCCCCCC1. The number of thiophene rings is 1. The molecule has 1 saturated carbocycles. The van der Waals surface area contributed by atoms with Crippen LogP contribution in [0.2, 0.25) is 0 Å². The van der Waals surface area contributed by atoms with E-state index in [0.29, 0.717) is 6.04 Å². The Labute approximate surface area is 140 Å². The van der Waals surface area contributed by atoms with Crippen LogP contribution in [0.15, 0.2) is 23.7 Å². The Hall–Kier alpha value is -1.20. The van der Waals surface area contributed by atoms with Gasteiger partial charge in [-0.15, -0.1) is 22.7 Å². The van der Waals surface area contributed by atoms with Gasteiger partial charge < -0.3 is 4.90 Å². The molecule has 3 nitrogen and oxygen atoms in total. The summed E-state index contributed by atoms with van der Waals surface area (Å²) in [5, 5.41) is 2.99. The van der Waals surface area contributed by atoms with Gasteiger partial charge in [-0.3, -0.25) is 4.79 Å². The summed E-state index contributed by atoms with van der Waals surface area (Å²) in [4.78, 5) is 21.0. The minimum Gasteiger partial charge on any atom is -0.338 e. The highest BCUT2D eigenvalue weighted by atomic mass is 32.1. The molecule has 5 heteroatoms. The maximum Gasteiger partial charge on any atom is 0.265 e. The normalized spacial score (nSPS) is 17.0. The topological polar surface area (TPSA) is 33.2 Å². The number of carbonyl (C=O) groups excluding carboxylic acids is 1. The zero-order chi connectivity index (χ0) is 15.4. The molecule has 1 aliphatic rings. The Kier molecular flexibility index (Phi) is 5.26. The van der Waals surface area contributed by atoms with Gasteiger partial charge in [-0.1, -0.05) is 38.2 Å². The van der Waals surface area contributed by atoms with Gasteiger partial charge in [0.15, 0.2) is 0 Å². The van der Waals surface area contributed by atoms with Crippen LogP contribution in [0.5, 0.6) is 0 Å². The number of nitrogens with zero attached hydrogens (tertiary/aromatic N) is 2. The Balaban J connectivity index is 1.69. The lowest BCUT2D eigenvalue weighted by atomic mass is 9.96. The summed E-state index contributed by atoms with van der Waals surface area (Å²) in [7, 11) is 1.96. The molecule has 2 heterocycles. The highest BCUT2D eigenvalue weighted by Gasteiger charge is 2.23. The van der Waals surface area contributed by atoms with Crippen molar-refractivity contribution in [3.8, 4) is 9.88 Å². The summed E-state index contributed by atoms with van der Waals surface area (Å²) in [5.74, 6) is 0.130. The molecule has 0 aromatic carbocycles. The fourth-order valence-electron chi connectivity index (χ4n) is 3.05. The summed E-state index contributed by atoms with van der Waals surface area (Å²) < 4.78 is 0. The molecule has 0 bridgehead atoms. The van der Waals surface area contributed by atoms with E-state index in [1.165, 1.54) is 43.4 Å². The molecule has 3 rings (SSSR count). The predicted octanol–water partition coefficient (Wildman–Crippen LogP) is 5.06. The Morgan fingerprint density at radius 1 is 1.23 bits per heavy atom. The van der Waals surface area contributed by atoms with Crippen molar-refractivity contribution in [2.24, 2.45) is 0 Å². The first-order chi connectivity index (χ1) is 10.8. The van der Waals surface area contributed by atoms with E-state index >= 15 is 0 Å². The second kappa shape index (κ2) is 7.38. The first kappa shape index (κ1) is 15.7. The third-order valence-corrected chi connectivity index (χ3v) is 6.42. The average molecular weight is 335 g/mol. The van der Waals surface area contributed by atoms with Gasteiger partial charge >= 0.3 is 0 Å². The van der Waals surface area contributed by atoms with Crippen LogP contribution < -0.4 is 0 Å². The summed E-state index contributed by atoms with van der Waals surface area (Å²) in [6.07, 6.45) is 10.5. The maximum atomic E-state index is 12.7. The number of hydrogen-bond acceptors (Lipinski definition) is 4. The molecule has 0 N–H and O–H groups in total. The van der Waals surface area contributed by atoms with Crippen LogP contribution in [0, 0.1) is 0 Å². The van der Waals surface area contributed by atoms with E-state index in [4.69, 9.17) is 0 Å². The van der Waals surface area contributed by atoms with Gasteiger partial charge in [0.05, 0.1) is 11.1 Å². The van der Waals surface area contributed by atoms with Crippen LogP contribution in [-0.2, 0) is 0 Å². The van der Waals surface area contributed by atoms with E-state index < -0.39 is 0 Å². The molecule has 1 amide bonds. The van der Waals surface area contributed by atoms with Crippen LogP contribution in [0.3, 0.4) is 0 Å². The highest BCUT2D eigenvalue weighted by Crippen LogP contribution is 2.30. The van der Waals surface area contributed by atoms with Crippen LogP contribution >= 0.6 is 22.7 Å². The van der Waals surface area contributed by atoms with Crippen molar-refractivity contribution >= 4 is 28.6 Å². The number of carbonyl (C=O) groups is 1. The molecule has 1 aliphatic carbocycles. The number of amides is 1. The third-order valence-electron chi connectivity index (χ3n) is 4.39. The van der Waals surface area contributed by atoms with E-state index in [2.05, 4.69) is 11.1 Å². The molecule has 0 aliphatic heterocycles. The van der Waals surface area contributed by atoms with Gasteiger partial charge in [0.25, 0.3) is 5.91 Å². The monoisotopic (exact) mass is 334 g/mol. The molecular weight excluding hydrogens is 312 g/mol. The van der Waals surface area contributed by atoms with E-state index in [1.807, 2.05) is 23.4 Å². The van der Waals surface area contributed by atoms with E-state index in [9.17, 15) is 4.79 Å². The average Bonchev–Trinajstić information content (AvgIpc) is 3.16. The summed E-state index contributed by atoms with van der Waals surface area (Å²) in [5.41, 5.74) is 0. The first-order valence-electron chi connectivity index (χ1n) is 8.02. The van der Waals surface area contributed by atoms with Gasteiger partial charge in [-0.25, -0.2) is 4.98 Å². The zero-order valence-corrected chi connectivity index (χ0v) is 14.6. The van der Waals surface area contributed by atoms with Crippen molar-refractivity contribution in [1.29, 1.82) is 0 Å². The number of aromatic nitrogens is 1. The van der Waals surface area contributed by atoms with Crippen molar-refractivity contribution < 1.29 is 4.79 Å². The van der Waals surface area contributed by atoms with Crippen molar-refractivity contribution in [2.75, 3.05) is 7.05 Å². The van der Waals surface area contributed by atoms with Crippen molar-refractivity contribution in [1.82, 2.24) is 9.88 Å². The molecular formula is C17H22N2OS2. The van der Waals surface area contributed by atoms with E-state index in [1.54, 1.807) is 17.5 Å². The Bertz CT molecular complexity index is 598. The minimum atomic E-state index is 0.130. The molecule has 0 unspecified atom stereocenters. The second-order valence-electron chi connectivity index (χ2n) is 5.92. The molecule has 0 saturated heterocycles. The quantitative estimate of drug-likeness (QED) is 0.786. The summed E-state index contributed by atoms with van der Waals surface area (Å²) in [6, 6.07) is 4.46. The van der Waals surface area contributed by atoms with Gasteiger partial charge in [0.2, 0.25) is 0 Å². The van der Waals surface area contributed by atoms with Crippen LogP contribution in [0.1, 0.15) is 54.6 Å². The standard InChI is InChI=1S/C17H22N2OS2/c1-19(13-8-5-3-2-4-6-9-13)17(20)15-12-18-16(22-15)14-10-7-11-21-14/h7,10-13H,2-6,8-9H2,1H3. The molecule has 0 radical (unpaired) electrons. The highest BCUT2D eigenvalue weighted by molar-refractivity contribution is 7.21. The summed E-state index contributed by atoms with van der Waals surface area (Å²) >= 11 is 3.17. The van der Waals surface area contributed by atoms with Gasteiger partial charge in [0, 0.05) is 13.1 Å².